The highest BCUT2D eigenvalue weighted by Gasteiger charge is 2.21. The van der Waals surface area contributed by atoms with Gasteiger partial charge in [-0.3, -0.25) is 0 Å². The van der Waals surface area contributed by atoms with Crippen LogP contribution < -0.4 is 5.32 Å². The topological polar surface area (TPSA) is 60.2 Å². The fourth-order valence-corrected chi connectivity index (χ4v) is 2.95. The van der Waals surface area contributed by atoms with Crippen LogP contribution in [0, 0.1) is 0 Å². The third kappa shape index (κ3) is 4.56. The number of rotatable bonds is 7. The first-order valence-corrected chi connectivity index (χ1v) is 7.88. The number of likely N-dealkylation sites (N-methyl/N-ethyl adjacent to an activating group) is 1. The molecule has 1 aromatic rings. The molecule has 20 heavy (non-hydrogen) atoms. The van der Waals surface area contributed by atoms with Crippen LogP contribution in [0.1, 0.15) is 63.1 Å². The Bertz CT molecular complexity index is 367. The first kappa shape index (κ1) is 15.4. The molecule has 0 radical (unpaired) electrons. The van der Waals surface area contributed by atoms with Gasteiger partial charge in [0.1, 0.15) is 0 Å². The average molecular weight is 281 g/mol. The van der Waals surface area contributed by atoms with E-state index in [9.17, 15) is 0 Å². The minimum atomic E-state index is 0.243. The van der Waals surface area contributed by atoms with E-state index in [1.165, 1.54) is 38.5 Å². The third-order valence-corrected chi connectivity index (χ3v) is 3.99. The Labute approximate surface area is 121 Å². The molecule has 0 spiro atoms. The molecule has 1 fully saturated rings. The summed E-state index contributed by atoms with van der Waals surface area (Å²) in [6, 6.07) is 0.243. The maximum Gasteiger partial charge on any atom is 0.228 e. The number of nitrogens with one attached hydrogen (secondary N) is 1. The van der Waals surface area contributed by atoms with E-state index < -0.39 is 0 Å². The molecule has 1 aliphatic carbocycles. The maximum absolute atomic E-state index is 5.43. The van der Waals surface area contributed by atoms with E-state index in [0.717, 1.165) is 24.7 Å². The normalized spacial score (nSPS) is 18.9. The first-order chi connectivity index (χ1) is 9.83. The van der Waals surface area contributed by atoms with Gasteiger partial charge in [0.15, 0.2) is 5.82 Å². The molecule has 1 saturated carbocycles. The van der Waals surface area contributed by atoms with Gasteiger partial charge in [0.2, 0.25) is 5.89 Å². The predicted molar refractivity (Wildman–Crippen MR) is 77.8 cm³/mol. The molecule has 0 aliphatic heterocycles. The largest absolute Gasteiger partial charge is 0.383 e. The number of nitrogens with zero attached hydrogens (tertiary/aromatic N) is 2. The van der Waals surface area contributed by atoms with E-state index in [-0.39, 0.29) is 6.04 Å². The molecule has 5 nitrogen and oxygen atoms in total. The molecule has 0 saturated heterocycles. The Hall–Kier alpha value is -0.940. The lowest BCUT2D eigenvalue weighted by Gasteiger charge is -2.14. The van der Waals surface area contributed by atoms with Crippen LogP contribution in [0.2, 0.25) is 0 Å². The minimum absolute atomic E-state index is 0.243. The second-order valence-electron chi connectivity index (χ2n) is 5.65. The van der Waals surface area contributed by atoms with Crippen molar-refractivity contribution in [3.05, 3.63) is 11.7 Å². The number of aromatic nitrogens is 2. The van der Waals surface area contributed by atoms with Gasteiger partial charge in [-0.2, -0.15) is 4.98 Å². The van der Waals surface area contributed by atoms with Crippen molar-refractivity contribution in [3.8, 4) is 0 Å². The lowest BCUT2D eigenvalue weighted by atomic mass is 10.00. The summed E-state index contributed by atoms with van der Waals surface area (Å²) in [6.07, 6.45) is 8.41. The zero-order chi connectivity index (χ0) is 14.2. The molecule has 1 aromatic heterocycles. The second kappa shape index (κ2) is 8.37. The standard InChI is InChI=1S/C15H27N3O2/c1-3-16-13(11-19-2)10-14-17-15(18-20-14)12-8-6-4-5-7-9-12/h12-13,16H,3-11H2,1-2H3. The SMILES string of the molecule is CCNC(COC)Cc1nc(C2CCCCCC2)no1. The van der Waals surface area contributed by atoms with Crippen molar-refractivity contribution in [1.29, 1.82) is 0 Å². The van der Waals surface area contributed by atoms with Gasteiger partial charge in [-0.05, 0) is 19.4 Å². The van der Waals surface area contributed by atoms with Crippen LogP contribution in [0.15, 0.2) is 4.52 Å². The zero-order valence-electron chi connectivity index (χ0n) is 12.7. The van der Waals surface area contributed by atoms with Crippen LogP contribution in [0.5, 0.6) is 0 Å². The summed E-state index contributed by atoms with van der Waals surface area (Å²) >= 11 is 0. The summed E-state index contributed by atoms with van der Waals surface area (Å²) in [5, 5.41) is 7.58. The molecule has 1 N–H and O–H groups in total. The van der Waals surface area contributed by atoms with Crippen molar-refractivity contribution in [2.75, 3.05) is 20.3 Å². The summed E-state index contributed by atoms with van der Waals surface area (Å²) in [7, 11) is 1.72. The van der Waals surface area contributed by atoms with Crippen molar-refractivity contribution in [2.24, 2.45) is 0 Å². The van der Waals surface area contributed by atoms with Crippen LogP contribution in [0.4, 0.5) is 0 Å². The average Bonchev–Trinajstić information content (AvgIpc) is 2.73. The number of hydrogen-bond donors (Lipinski definition) is 1. The summed E-state index contributed by atoms with van der Waals surface area (Å²) in [4.78, 5) is 4.61. The highest BCUT2D eigenvalue weighted by atomic mass is 16.5. The van der Waals surface area contributed by atoms with Gasteiger partial charge >= 0.3 is 0 Å². The minimum Gasteiger partial charge on any atom is -0.383 e. The van der Waals surface area contributed by atoms with Crippen molar-refractivity contribution < 1.29 is 9.26 Å². The van der Waals surface area contributed by atoms with Crippen molar-refractivity contribution >= 4 is 0 Å². The van der Waals surface area contributed by atoms with E-state index in [1.807, 2.05) is 0 Å². The first-order valence-electron chi connectivity index (χ1n) is 7.88. The predicted octanol–water partition coefficient (Wildman–Crippen LogP) is 2.67. The van der Waals surface area contributed by atoms with Gasteiger partial charge < -0.3 is 14.6 Å². The van der Waals surface area contributed by atoms with E-state index in [0.29, 0.717) is 12.5 Å². The van der Waals surface area contributed by atoms with Crippen molar-refractivity contribution in [2.45, 2.75) is 63.8 Å². The second-order valence-corrected chi connectivity index (χ2v) is 5.65. The van der Waals surface area contributed by atoms with Crippen LogP contribution in [0.25, 0.3) is 0 Å². The number of hydrogen-bond acceptors (Lipinski definition) is 5. The third-order valence-electron chi connectivity index (χ3n) is 3.99. The highest BCUT2D eigenvalue weighted by Crippen LogP contribution is 2.29. The lowest BCUT2D eigenvalue weighted by molar-refractivity contribution is 0.162. The fraction of sp³-hybridized carbons (Fsp3) is 0.867. The highest BCUT2D eigenvalue weighted by molar-refractivity contribution is 4.97. The number of ether oxygens (including phenoxy) is 1. The Morgan fingerprint density at radius 1 is 1.30 bits per heavy atom. The van der Waals surface area contributed by atoms with Gasteiger partial charge in [0.25, 0.3) is 0 Å². The fourth-order valence-electron chi connectivity index (χ4n) is 2.95. The van der Waals surface area contributed by atoms with E-state index in [2.05, 4.69) is 22.4 Å². The quantitative estimate of drug-likeness (QED) is 0.779. The van der Waals surface area contributed by atoms with Gasteiger partial charge in [0, 0.05) is 25.5 Å². The van der Waals surface area contributed by atoms with Crippen molar-refractivity contribution in [3.63, 3.8) is 0 Å². The lowest BCUT2D eigenvalue weighted by Crippen LogP contribution is -2.35. The molecule has 1 unspecified atom stereocenters. The number of methoxy groups -OCH3 is 1. The van der Waals surface area contributed by atoms with Gasteiger partial charge in [0.05, 0.1) is 6.61 Å². The van der Waals surface area contributed by atoms with E-state index >= 15 is 0 Å². The zero-order valence-corrected chi connectivity index (χ0v) is 12.7. The molecule has 0 amide bonds. The van der Waals surface area contributed by atoms with Crippen LogP contribution in [-0.4, -0.2) is 36.4 Å². The van der Waals surface area contributed by atoms with Crippen LogP contribution in [0.3, 0.4) is 0 Å². The summed E-state index contributed by atoms with van der Waals surface area (Å²) in [6.45, 7) is 3.67. The Morgan fingerprint density at radius 3 is 2.70 bits per heavy atom. The molecule has 0 aromatic carbocycles. The molecule has 114 valence electrons. The summed E-state index contributed by atoms with van der Waals surface area (Å²) < 4.78 is 10.6. The Kier molecular flexibility index (Phi) is 6.47. The maximum atomic E-state index is 5.43. The molecule has 1 heterocycles. The molecular weight excluding hydrogens is 254 g/mol. The molecule has 5 heteroatoms. The smallest absolute Gasteiger partial charge is 0.228 e. The molecular formula is C15H27N3O2. The Balaban J connectivity index is 1.93. The van der Waals surface area contributed by atoms with E-state index in [1.54, 1.807) is 7.11 Å². The van der Waals surface area contributed by atoms with Crippen LogP contribution >= 0.6 is 0 Å². The molecule has 1 atom stereocenters. The van der Waals surface area contributed by atoms with Gasteiger partial charge in [-0.25, -0.2) is 0 Å². The van der Waals surface area contributed by atoms with E-state index in [4.69, 9.17) is 9.26 Å². The Morgan fingerprint density at radius 2 is 2.05 bits per heavy atom. The monoisotopic (exact) mass is 281 g/mol. The molecule has 2 rings (SSSR count). The summed E-state index contributed by atoms with van der Waals surface area (Å²) in [5.41, 5.74) is 0. The van der Waals surface area contributed by atoms with Crippen molar-refractivity contribution in [1.82, 2.24) is 15.5 Å². The van der Waals surface area contributed by atoms with Gasteiger partial charge in [-0.15, -0.1) is 0 Å². The summed E-state index contributed by atoms with van der Waals surface area (Å²) in [5.74, 6) is 2.14. The van der Waals surface area contributed by atoms with Crippen LogP contribution in [-0.2, 0) is 11.2 Å². The molecule has 1 aliphatic rings. The molecule has 0 bridgehead atoms. The van der Waals surface area contributed by atoms with Gasteiger partial charge in [-0.1, -0.05) is 37.8 Å².